The van der Waals surface area contributed by atoms with Gasteiger partial charge in [-0.2, -0.15) is 11.8 Å². The summed E-state index contributed by atoms with van der Waals surface area (Å²) in [6.45, 7) is 0. The fraction of sp³-hybridized carbons (Fsp3) is 0.333. The van der Waals surface area contributed by atoms with E-state index < -0.39 is 11.5 Å². The summed E-state index contributed by atoms with van der Waals surface area (Å²) in [6, 6.07) is 5.43. The van der Waals surface area contributed by atoms with Gasteiger partial charge in [-0.15, -0.1) is 0 Å². The van der Waals surface area contributed by atoms with Gasteiger partial charge in [0.1, 0.15) is 5.54 Å². The Morgan fingerprint density at radius 2 is 2.27 bits per heavy atom. The van der Waals surface area contributed by atoms with Gasteiger partial charge in [-0.3, -0.25) is 4.79 Å². The largest absolute Gasteiger partial charge is 0.479 e. The van der Waals surface area contributed by atoms with Crippen LogP contribution in [0.1, 0.15) is 12.0 Å². The summed E-state index contributed by atoms with van der Waals surface area (Å²) in [4.78, 5) is 26.8. The average Bonchev–Trinajstić information content (AvgIpc) is 3.07. The minimum Gasteiger partial charge on any atom is -0.479 e. The predicted octanol–water partition coefficient (Wildman–Crippen LogP) is 2.44. The zero-order valence-electron chi connectivity index (χ0n) is 11.7. The zero-order chi connectivity index (χ0) is 15.7. The van der Waals surface area contributed by atoms with E-state index >= 15 is 0 Å². The van der Waals surface area contributed by atoms with Crippen LogP contribution in [0.5, 0.6) is 0 Å². The molecule has 3 N–H and O–H groups in total. The lowest BCUT2D eigenvalue weighted by Crippen LogP contribution is -2.55. The van der Waals surface area contributed by atoms with Gasteiger partial charge in [0.25, 0.3) is 0 Å². The highest BCUT2D eigenvalue weighted by atomic mass is 35.5. The monoisotopic (exact) mass is 338 g/mol. The summed E-state index contributed by atoms with van der Waals surface area (Å²) in [7, 11) is 0. The van der Waals surface area contributed by atoms with E-state index in [0.29, 0.717) is 17.2 Å². The number of carboxylic acid groups (broad SMARTS) is 1. The molecule has 1 atom stereocenters. The molecule has 2 heterocycles. The maximum Gasteiger partial charge on any atom is 0.330 e. The number of carbonyl (C=O) groups is 2. The van der Waals surface area contributed by atoms with E-state index in [0.717, 1.165) is 22.2 Å². The number of H-pyrrole nitrogens is 1. The smallest absolute Gasteiger partial charge is 0.330 e. The number of thioether (sulfide) groups is 1. The summed E-state index contributed by atoms with van der Waals surface area (Å²) in [5.41, 5.74) is 0.573. The Morgan fingerprint density at radius 1 is 1.45 bits per heavy atom. The molecule has 1 aliphatic heterocycles. The van der Waals surface area contributed by atoms with E-state index in [4.69, 9.17) is 11.6 Å². The third kappa shape index (κ3) is 2.80. The van der Waals surface area contributed by atoms with Crippen LogP contribution in [0.25, 0.3) is 10.9 Å². The number of nitrogens with one attached hydrogen (secondary N) is 2. The van der Waals surface area contributed by atoms with E-state index in [-0.39, 0.29) is 12.3 Å². The highest BCUT2D eigenvalue weighted by Crippen LogP contribution is 2.29. The molecule has 0 bridgehead atoms. The summed E-state index contributed by atoms with van der Waals surface area (Å²) in [5, 5.41) is 13.6. The second-order valence-electron chi connectivity index (χ2n) is 5.42. The normalized spacial score (nSPS) is 21.1. The first-order valence-corrected chi connectivity index (χ1v) is 8.41. The van der Waals surface area contributed by atoms with Crippen molar-refractivity contribution in [2.24, 2.45) is 0 Å². The Balaban J connectivity index is 1.78. The second-order valence-corrected chi connectivity index (χ2v) is 6.96. The number of aromatic amines is 1. The molecule has 116 valence electrons. The lowest BCUT2D eigenvalue weighted by Gasteiger charge is -2.24. The molecule has 1 saturated heterocycles. The molecule has 1 aromatic heterocycles. The number of aliphatic carboxylic acids is 1. The van der Waals surface area contributed by atoms with Crippen LogP contribution in [-0.2, 0) is 16.0 Å². The highest BCUT2D eigenvalue weighted by molar-refractivity contribution is 7.99. The maximum absolute atomic E-state index is 12.3. The van der Waals surface area contributed by atoms with Crippen LogP contribution < -0.4 is 5.32 Å². The molecule has 0 spiro atoms. The topological polar surface area (TPSA) is 82.2 Å². The maximum atomic E-state index is 12.3. The van der Waals surface area contributed by atoms with E-state index in [1.807, 2.05) is 6.07 Å². The third-order valence-electron chi connectivity index (χ3n) is 3.89. The molecule has 1 aromatic carbocycles. The quantitative estimate of drug-likeness (QED) is 0.799. The molecule has 1 amide bonds. The van der Waals surface area contributed by atoms with E-state index in [2.05, 4.69) is 10.3 Å². The Morgan fingerprint density at radius 3 is 2.95 bits per heavy atom. The fourth-order valence-electron chi connectivity index (χ4n) is 2.67. The molecule has 0 saturated carbocycles. The van der Waals surface area contributed by atoms with Gasteiger partial charge in [0.2, 0.25) is 5.91 Å². The Bertz CT molecular complexity index is 737. The lowest BCUT2D eigenvalue weighted by molar-refractivity contribution is -0.146. The number of benzene rings is 1. The number of carboxylic acids is 1. The molecule has 1 unspecified atom stereocenters. The minimum atomic E-state index is -1.13. The molecule has 3 rings (SSSR count). The standard InChI is InChI=1S/C15H15ClN2O3S/c16-10-1-2-12-11(6-10)9(7-17-12)5-13(19)18-15(14(20)21)3-4-22-8-15/h1-2,6-7,17H,3-5,8H2,(H,18,19)(H,20,21). The molecule has 5 nitrogen and oxygen atoms in total. The molecule has 2 aromatic rings. The van der Waals surface area contributed by atoms with Gasteiger partial charge in [-0.1, -0.05) is 11.6 Å². The zero-order valence-corrected chi connectivity index (χ0v) is 13.3. The Kier molecular flexibility index (Phi) is 4.06. The van der Waals surface area contributed by atoms with E-state index in [1.165, 1.54) is 0 Å². The summed E-state index contributed by atoms with van der Waals surface area (Å²) < 4.78 is 0. The molecular formula is C15H15ClN2O3S. The molecule has 7 heteroatoms. The van der Waals surface area contributed by atoms with E-state index in [1.54, 1.807) is 30.1 Å². The Hall–Kier alpha value is -1.66. The van der Waals surface area contributed by atoms with Crippen LogP contribution in [0.3, 0.4) is 0 Å². The highest BCUT2D eigenvalue weighted by Gasteiger charge is 2.43. The van der Waals surface area contributed by atoms with Crippen molar-refractivity contribution in [3.63, 3.8) is 0 Å². The van der Waals surface area contributed by atoms with Crippen molar-refractivity contribution in [3.05, 3.63) is 35.0 Å². The number of aromatic nitrogens is 1. The van der Waals surface area contributed by atoms with Crippen LogP contribution >= 0.6 is 23.4 Å². The van der Waals surface area contributed by atoms with Gasteiger partial charge in [0.15, 0.2) is 0 Å². The lowest BCUT2D eigenvalue weighted by atomic mass is 9.98. The van der Waals surface area contributed by atoms with Crippen molar-refractivity contribution < 1.29 is 14.7 Å². The molecular weight excluding hydrogens is 324 g/mol. The van der Waals surface area contributed by atoms with Crippen LogP contribution in [0.4, 0.5) is 0 Å². The first-order valence-electron chi connectivity index (χ1n) is 6.88. The van der Waals surface area contributed by atoms with Crippen LogP contribution in [-0.4, -0.2) is 39.0 Å². The number of carbonyl (C=O) groups excluding carboxylic acids is 1. The van der Waals surface area contributed by atoms with Crippen LogP contribution in [0, 0.1) is 0 Å². The predicted molar refractivity (Wildman–Crippen MR) is 87.5 cm³/mol. The number of hydrogen-bond donors (Lipinski definition) is 3. The molecule has 0 radical (unpaired) electrons. The minimum absolute atomic E-state index is 0.125. The summed E-state index contributed by atoms with van der Waals surface area (Å²) in [6.07, 6.45) is 2.34. The number of hydrogen-bond acceptors (Lipinski definition) is 3. The van der Waals surface area contributed by atoms with Gasteiger partial charge in [-0.25, -0.2) is 4.79 Å². The van der Waals surface area contributed by atoms with Crippen molar-refractivity contribution in [2.45, 2.75) is 18.4 Å². The molecule has 22 heavy (non-hydrogen) atoms. The van der Waals surface area contributed by atoms with E-state index in [9.17, 15) is 14.7 Å². The Labute approximate surface area is 136 Å². The van der Waals surface area contributed by atoms with Crippen LogP contribution in [0.2, 0.25) is 5.02 Å². The van der Waals surface area contributed by atoms with Gasteiger partial charge in [0.05, 0.1) is 6.42 Å². The van der Waals surface area contributed by atoms with Crippen molar-refractivity contribution in [1.82, 2.24) is 10.3 Å². The first kappa shape index (κ1) is 15.2. The number of amides is 1. The summed E-state index contributed by atoms with van der Waals surface area (Å²) in [5.74, 6) is -0.0955. The number of halogens is 1. The van der Waals surface area contributed by atoms with Gasteiger partial charge in [0, 0.05) is 27.9 Å². The van der Waals surface area contributed by atoms with Crippen molar-refractivity contribution in [2.75, 3.05) is 11.5 Å². The second kappa shape index (κ2) is 5.85. The fourth-order valence-corrected chi connectivity index (χ4v) is 4.16. The van der Waals surface area contributed by atoms with Crippen molar-refractivity contribution in [1.29, 1.82) is 0 Å². The van der Waals surface area contributed by atoms with Crippen molar-refractivity contribution >= 4 is 46.1 Å². The first-order chi connectivity index (χ1) is 10.5. The summed E-state index contributed by atoms with van der Waals surface area (Å²) >= 11 is 7.54. The number of rotatable bonds is 4. The van der Waals surface area contributed by atoms with Gasteiger partial charge >= 0.3 is 5.97 Å². The average molecular weight is 339 g/mol. The SMILES string of the molecule is O=C(Cc1c[nH]c2ccc(Cl)cc12)NC1(C(=O)O)CCSC1. The van der Waals surface area contributed by atoms with Crippen molar-refractivity contribution in [3.8, 4) is 0 Å². The number of fused-ring (bicyclic) bond motifs is 1. The van der Waals surface area contributed by atoms with Gasteiger partial charge < -0.3 is 15.4 Å². The van der Waals surface area contributed by atoms with Gasteiger partial charge in [-0.05, 0) is 35.9 Å². The third-order valence-corrected chi connectivity index (χ3v) is 5.32. The molecule has 1 aliphatic rings. The van der Waals surface area contributed by atoms with Crippen LogP contribution in [0.15, 0.2) is 24.4 Å². The molecule has 1 fully saturated rings. The molecule has 0 aliphatic carbocycles.